The number of benzene rings is 3. The van der Waals surface area contributed by atoms with E-state index in [0.717, 1.165) is 16.7 Å². The number of rotatable bonds is 6. The Balaban J connectivity index is 2.25. The second kappa shape index (κ2) is 7.23. The van der Waals surface area contributed by atoms with E-state index in [0.29, 0.717) is 6.54 Å². The van der Waals surface area contributed by atoms with E-state index in [1.807, 2.05) is 18.2 Å². The third kappa shape index (κ3) is 3.04. The fraction of sp³-hybridized carbons (Fsp3) is 0.143. The summed E-state index contributed by atoms with van der Waals surface area (Å²) < 4.78 is 0. The quantitative estimate of drug-likeness (QED) is 0.682. The summed E-state index contributed by atoms with van der Waals surface area (Å²) in [6.45, 7) is 0.604. The highest BCUT2D eigenvalue weighted by molar-refractivity contribution is 5.49. The van der Waals surface area contributed by atoms with Gasteiger partial charge in [-0.2, -0.15) is 0 Å². The zero-order valence-electron chi connectivity index (χ0n) is 13.0. The van der Waals surface area contributed by atoms with E-state index in [1.165, 1.54) is 0 Å². The van der Waals surface area contributed by atoms with Crippen molar-refractivity contribution in [2.24, 2.45) is 0 Å². The third-order valence-electron chi connectivity index (χ3n) is 4.12. The molecule has 0 aliphatic rings. The SMILES string of the molecule is OCCNC(c1ccccc1)(c1ccccc1)c1ccccc1. The Hall–Kier alpha value is -2.42. The van der Waals surface area contributed by atoms with Crippen molar-refractivity contribution >= 4 is 0 Å². The molecule has 0 aromatic heterocycles. The second-order valence-corrected chi connectivity index (χ2v) is 5.50. The van der Waals surface area contributed by atoms with Crippen molar-refractivity contribution in [1.29, 1.82) is 0 Å². The van der Waals surface area contributed by atoms with Gasteiger partial charge in [0.05, 0.1) is 12.1 Å². The number of hydrogen-bond acceptors (Lipinski definition) is 2. The minimum absolute atomic E-state index is 0.0915. The highest BCUT2D eigenvalue weighted by atomic mass is 16.3. The molecule has 3 aromatic carbocycles. The minimum Gasteiger partial charge on any atom is -0.395 e. The van der Waals surface area contributed by atoms with Crippen molar-refractivity contribution in [3.05, 3.63) is 108 Å². The van der Waals surface area contributed by atoms with E-state index in [1.54, 1.807) is 0 Å². The monoisotopic (exact) mass is 303 g/mol. The number of nitrogens with one attached hydrogen (secondary N) is 1. The predicted octanol–water partition coefficient (Wildman–Crippen LogP) is 3.56. The lowest BCUT2D eigenvalue weighted by atomic mass is 9.77. The number of aliphatic hydroxyl groups excluding tert-OH is 1. The molecule has 0 saturated heterocycles. The van der Waals surface area contributed by atoms with Gasteiger partial charge in [-0.25, -0.2) is 0 Å². The van der Waals surface area contributed by atoms with Gasteiger partial charge in [-0.1, -0.05) is 91.0 Å². The summed E-state index contributed by atoms with van der Waals surface area (Å²) in [4.78, 5) is 0. The first-order valence-corrected chi connectivity index (χ1v) is 7.90. The van der Waals surface area contributed by atoms with E-state index >= 15 is 0 Å². The molecule has 23 heavy (non-hydrogen) atoms. The molecule has 0 heterocycles. The summed E-state index contributed by atoms with van der Waals surface area (Å²) in [5.74, 6) is 0. The lowest BCUT2D eigenvalue weighted by Crippen LogP contribution is -2.45. The van der Waals surface area contributed by atoms with Crippen molar-refractivity contribution < 1.29 is 5.11 Å². The highest BCUT2D eigenvalue weighted by Gasteiger charge is 2.35. The topological polar surface area (TPSA) is 32.3 Å². The molecule has 0 radical (unpaired) electrons. The van der Waals surface area contributed by atoms with Crippen molar-refractivity contribution in [2.75, 3.05) is 13.2 Å². The van der Waals surface area contributed by atoms with Crippen LogP contribution in [0.4, 0.5) is 0 Å². The first kappa shape index (κ1) is 15.5. The maximum atomic E-state index is 9.41. The average Bonchev–Trinajstić information content (AvgIpc) is 2.65. The smallest absolute Gasteiger partial charge is 0.0948 e. The van der Waals surface area contributed by atoms with Crippen molar-refractivity contribution in [2.45, 2.75) is 5.54 Å². The van der Waals surface area contributed by atoms with Gasteiger partial charge in [-0.05, 0) is 16.7 Å². The van der Waals surface area contributed by atoms with E-state index in [2.05, 4.69) is 78.1 Å². The maximum Gasteiger partial charge on any atom is 0.0948 e. The molecule has 2 N–H and O–H groups in total. The van der Waals surface area contributed by atoms with E-state index in [9.17, 15) is 5.11 Å². The van der Waals surface area contributed by atoms with Gasteiger partial charge in [0.25, 0.3) is 0 Å². The first-order valence-electron chi connectivity index (χ1n) is 7.90. The van der Waals surface area contributed by atoms with Crippen LogP contribution < -0.4 is 5.32 Å². The molecular formula is C21H21NO. The van der Waals surface area contributed by atoms with Crippen LogP contribution in [-0.2, 0) is 5.54 Å². The maximum absolute atomic E-state index is 9.41. The zero-order chi connectivity index (χ0) is 16.0. The van der Waals surface area contributed by atoms with Crippen molar-refractivity contribution in [3.8, 4) is 0 Å². The molecule has 0 aliphatic carbocycles. The predicted molar refractivity (Wildman–Crippen MR) is 94.3 cm³/mol. The molecule has 0 saturated carbocycles. The van der Waals surface area contributed by atoms with Gasteiger partial charge in [0, 0.05) is 6.54 Å². The van der Waals surface area contributed by atoms with Crippen LogP contribution in [0.5, 0.6) is 0 Å². The van der Waals surface area contributed by atoms with Gasteiger partial charge < -0.3 is 5.11 Å². The molecule has 0 bridgehead atoms. The van der Waals surface area contributed by atoms with E-state index in [-0.39, 0.29) is 6.61 Å². The zero-order valence-corrected chi connectivity index (χ0v) is 13.0. The summed E-state index contributed by atoms with van der Waals surface area (Å²) >= 11 is 0. The highest BCUT2D eigenvalue weighted by Crippen LogP contribution is 2.36. The van der Waals surface area contributed by atoms with Gasteiger partial charge >= 0.3 is 0 Å². The van der Waals surface area contributed by atoms with Gasteiger partial charge in [-0.3, -0.25) is 5.32 Å². The Morgan fingerprint density at radius 2 is 0.957 bits per heavy atom. The Kier molecular flexibility index (Phi) is 4.86. The first-order chi connectivity index (χ1) is 11.4. The van der Waals surface area contributed by atoms with Crippen molar-refractivity contribution in [3.63, 3.8) is 0 Å². The van der Waals surface area contributed by atoms with E-state index in [4.69, 9.17) is 0 Å². The second-order valence-electron chi connectivity index (χ2n) is 5.50. The van der Waals surface area contributed by atoms with Crippen LogP contribution in [0.3, 0.4) is 0 Å². The van der Waals surface area contributed by atoms with Crippen LogP contribution >= 0.6 is 0 Å². The summed E-state index contributed by atoms with van der Waals surface area (Å²) in [6.07, 6.45) is 0. The molecule has 0 aliphatic heterocycles. The summed E-state index contributed by atoms with van der Waals surface area (Å²) in [6, 6.07) is 31.2. The summed E-state index contributed by atoms with van der Waals surface area (Å²) in [5.41, 5.74) is 2.99. The van der Waals surface area contributed by atoms with E-state index < -0.39 is 5.54 Å². The molecular weight excluding hydrogens is 282 g/mol. The molecule has 0 atom stereocenters. The largest absolute Gasteiger partial charge is 0.395 e. The lowest BCUT2D eigenvalue weighted by molar-refractivity contribution is 0.277. The fourth-order valence-electron chi connectivity index (χ4n) is 3.11. The van der Waals surface area contributed by atoms with Crippen LogP contribution in [0.1, 0.15) is 16.7 Å². The van der Waals surface area contributed by atoms with Gasteiger partial charge in [0.2, 0.25) is 0 Å². The fourth-order valence-corrected chi connectivity index (χ4v) is 3.11. The molecule has 0 fully saturated rings. The third-order valence-corrected chi connectivity index (χ3v) is 4.12. The van der Waals surface area contributed by atoms with Gasteiger partial charge in [-0.15, -0.1) is 0 Å². The average molecular weight is 303 g/mol. The van der Waals surface area contributed by atoms with Crippen LogP contribution in [0, 0.1) is 0 Å². The Morgan fingerprint density at radius 3 is 1.26 bits per heavy atom. The Bertz CT molecular complexity index is 614. The van der Waals surface area contributed by atoms with Crippen LogP contribution in [0.2, 0.25) is 0 Å². The molecule has 2 heteroatoms. The molecule has 116 valence electrons. The molecule has 0 spiro atoms. The van der Waals surface area contributed by atoms with Crippen LogP contribution in [0.15, 0.2) is 91.0 Å². The normalized spacial score (nSPS) is 11.3. The van der Waals surface area contributed by atoms with Gasteiger partial charge in [0.1, 0.15) is 0 Å². The summed E-state index contributed by atoms with van der Waals surface area (Å²) in [5, 5.41) is 13.0. The van der Waals surface area contributed by atoms with Crippen molar-refractivity contribution in [1.82, 2.24) is 5.32 Å². The number of hydrogen-bond donors (Lipinski definition) is 2. The molecule has 0 unspecified atom stereocenters. The lowest BCUT2D eigenvalue weighted by Gasteiger charge is -2.37. The molecule has 3 aromatic rings. The summed E-state index contributed by atoms with van der Waals surface area (Å²) in [7, 11) is 0. The number of aliphatic hydroxyl groups is 1. The Morgan fingerprint density at radius 1 is 0.609 bits per heavy atom. The van der Waals surface area contributed by atoms with Crippen LogP contribution in [-0.4, -0.2) is 18.3 Å². The molecule has 0 amide bonds. The standard InChI is InChI=1S/C21H21NO/c23-17-16-22-21(18-10-4-1-5-11-18,19-12-6-2-7-13-19)20-14-8-3-9-15-20/h1-15,22-23H,16-17H2. The van der Waals surface area contributed by atoms with Crippen LogP contribution in [0.25, 0.3) is 0 Å². The van der Waals surface area contributed by atoms with Gasteiger partial charge in [0.15, 0.2) is 0 Å². The molecule has 2 nitrogen and oxygen atoms in total. The Labute approximate surface area is 137 Å². The molecule has 3 rings (SSSR count). The minimum atomic E-state index is -0.480.